The Balaban J connectivity index is 0.00000158. The van der Waals surface area contributed by atoms with Gasteiger partial charge in [0.05, 0.1) is 6.61 Å². The predicted octanol–water partition coefficient (Wildman–Crippen LogP) is 6.82. The van der Waals surface area contributed by atoms with Gasteiger partial charge in [-0.2, -0.15) is 0 Å². The Morgan fingerprint density at radius 1 is 1.06 bits per heavy atom. The Labute approximate surface area is 208 Å². The Hall–Kier alpha value is -2.63. The average Bonchev–Trinajstić information content (AvgIpc) is 3.34. The van der Waals surface area contributed by atoms with E-state index >= 15 is 0 Å². The summed E-state index contributed by atoms with van der Waals surface area (Å²) in [4.78, 5) is 16.2. The summed E-state index contributed by atoms with van der Waals surface area (Å²) in [5.74, 6) is 0.963. The van der Waals surface area contributed by atoms with Crippen LogP contribution in [-0.2, 0) is 4.79 Å². The molecule has 1 aliphatic rings. The molecule has 0 amide bonds. The normalized spacial score (nSPS) is 14.3. The molecule has 1 aromatic heterocycles. The van der Waals surface area contributed by atoms with Gasteiger partial charge < -0.3 is 9.64 Å². The summed E-state index contributed by atoms with van der Waals surface area (Å²) in [6.45, 7) is 13.9. The van der Waals surface area contributed by atoms with Gasteiger partial charge in [-0.15, -0.1) is 11.3 Å². The molecule has 0 spiro atoms. The van der Waals surface area contributed by atoms with Gasteiger partial charge >= 0.3 is 0 Å². The van der Waals surface area contributed by atoms with Crippen molar-refractivity contribution in [1.82, 2.24) is 4.90 Å². The van der Waals surface area contributed by atoms with Crippen LogP contribution in [0, 0.1) is 6.92 Å². The second-order valence-corrected chi connectivity index (χ2v) is 9.40. The average molecular weight is 479 g/mol. The number of nitrogens with zero attached hydrogens (tertiary/aromatic N) is 2. The molecule has 34 heavy (non-hydrogen) atoms. The fourth-order valence-electron chi connectivity index (χ4n) is 4.23. The van der Waals surface area contributed by atoms with E-state index in [2.05, 4.69) is 39.4 Å². The van der Waals surface area contributed by atoms with Crippen molar-refractivity contribution in [2.75, 3.05) is 44.2 Å². The van der Waals surface area contributed by atoms with Crippen LogP contribution in [0.5, 0.6) is 5.75 Å². The Kier molecular flexibility index (Phi) is 10.2. The van der Waals surface area contributed by atoms with Crippen molar-refractivity contribution in [3.63, 3.8) is 0 Å². The largest absolute Gasteiger partial charge is 0.494 e. The lowest BCUT2D eigenvalue weighted by Gasteiger charge is -2.36. The molecule has 2 aromatic carbocycles. The first kappa shape index (κ1) is 26.0. The summed E-state index contributed by atoms with van der Waals surface area (Å²) in [7, 11) is 0. The van der Waals surface area contributed by atoms with Gasteiger partial charge in [0.1, 0.15) is 5.75 Å². The second kappa shape index (κ2) is 13.3. The van der Waals surface area contributed by atoms with E-state index in [-0.39, 0.29) is 5.78 Å². The molecule has 1 fully saturated rings. The summed E-state index contributed by atoms with van der Waals surface area (Å²) in [5, 5.41) is 3.58. The smallest absolute Gasteiger partial charge is 0.152 e. The third-order valence-corrected chi connectivity index (χ3v) is 6.94. The van der Waals surface area contributed by atoms with Crippen molar-refractivity contribution >= 4 is 39.0 Å². The lowest BCUT2D eigenvalue weighted by Crippen LogP contribution is -2.46. The number of fused-ring (bicyclic) bond motifs is 1. The molecule has 0 atom stereocenters. The summed E-state index contributed by atoms with van der Waals surface area (Å²) < 4.78 is 7.33. The Morgan fingerprint density at radius 3 is 2.59 bits per heavy atom. The highest BCUT2D eigenvalue weighted by atomic mass is 32.1. The van der Waals surface area contributed by atoms with Gasteiger partial charge in [-0.1, -0.05) is 32.1 Å². The maximum atomic E-state index is 11.1. The number of carbonyl (C=O) groups is 1. The van der Waals surface area contributed by atoms with Gasteiger partial charge in [0.25, 0.3) is 0 Å². The number of piperazine rings is 1. The van der Waals surface area contributed by atoms with Crippen molar-refractivity contribution in [3.05, 3.63) is 65.0 Å². The number of hydrogen-bond acceptors (Lipinski definition) is 5. The minimum absolute atomic E-state index is 0.0611. The molecule has 0 aliphatic carbocycles. The molecule has 182 valence electrons. The molecule has 0 radical (unpaired) electrons. The molecule has 0 unspecified atom stereocenters. The first-order chi connectivity index (χ1) is 16.6. The number of ether oxygens (including phenoxy) is 1. The van der Waals surface area contributed by atoms with Crippen LogP contribution in [0.2, 0.25) is 0 Å². The van der Waals surface area contributed by atoms with Crippen molar-refractivity contribution in [3.8, 4) is 5.75 Å². The summed E-state index contributed by atoms with van der Waals surface area (Å²) in [6, 6.07) is 14.9. The summed E-state index contributed by atoms with van der Waals surface area (Å²) >= 11 is 1.82. The first-order valence-electron chi connectivity index (χ1n) is 12.5. The Bertz CT molecular complexity index is 1080. The van der Waals surface area contributed by atoms with Crippen LogP contribution in [0.1, 0.15) is 44.7 Å². The number of carbonyl (C=O) groups excluding carboxylic acids is 1. The number of anilines is 1. The topological polar surface area (TPSA) is 32.8 Å². The number of unbranched alkanes of at least 4 members (excludes halogenated alkanes) is 1. The highest BCUT2D eigenvalue weighted by Crippen LogP contribution is 2.31. The number of aryl methyl sites for hydroxylation is 1. The molecule has 5 heteroatoms. The Morgan fingerprint density at radius 2 is 1.85 bits per heavy atom. The fourth-order valence-corrected chi connectivity index (χ4v) is 5.03. The van der Waals surface area contributed by atoms with Crippen molar-refractivity contribution < 1.29 is 9.53 Å². The van der Waals surface area contributed by atoms with Crippen molar-refractivity contribution in [2.45, 2.75) is 40.5 Å². The zero-order chi connectivity index (χ0) is 24.3. The van der Waals surface area contributed by atoms with E-state index in [1.54, 1.807) is 13.0 Å². The fraction of sp³-hybridized carbons (Fsp3) is 0.414. The zero-order valence-corrected chi connectivity index (χ0v) is 21.9. The lowest BCUT2D eigenvalue weighted by molar-refractivity contribution is -0.112. The van der Waals surface area contributed by atoms with E-state index in [1.165, 1.54) is 15.8 Å². The van der Waals surface area contributed by atoms with Crippen LogP contribution in [0.15, 0.2) is 53.9 Å². The van der Waals surface area contributed by atoms with Gasteiger partial charge in [-0.05, 0) is 86.1 Å². The molecule has 0 N–H and O–H groups in total. The molecule has 0 saturated carbocycles. The molecular weight excluding hydrogens is 440 g/mol. The minimum Gasteiger partial charge on any atom is -0.494 e. The molecule has 4 rings (SSSR count). The zero-order valence-electron chi connectivity index (χ0n) is 21.0. The third kappa shape index (κ3) is 7.18. The molecule has 4 nitrogen and oxygen atoms in total. The predicted molar refractivity (Wildman–Crippen MR) is 147 cm³/mol. The molecular formula is C29H38N2O2S. The van der Waals surface area contributed by atoms with Crippen molar-refractivity contribution in [2.24, 2.45) is 0 Å². The molecule has 1 saturated heterocycles. The monoisotopic (exact) mass is 478 g/mol. The van der Waals surface area contributed by atoms with Gasteiger partial charge in [0, 0.05) is 42.0 Å². The summed E-state index contributed by atoms with van der Waals surface area (Å²) in [6.07, 6.45) is 5.67. The van der Waals surface area contributed by atoms with Crippen LogP contribution in [0.25, 0.3) is 16.2 Å². The third-order valence-electron chi connectivity index (χ3n) is 6.06. The SMILES string of the molecule is CC.CC(=O)/C=C\c1ccc(OCCCCN2CCN(c3cccc4sccc34)CC2)cc1C. The number of ketones is 1. The van der Waals surface area contributed by atoms with E-state index in [0.29, 0.717) is 0 Å². The number of allylic oxidation sites excluding steroid dienone is 1. The molecule has 2 heterocycles. The number of rotatable bonds is 9. The van der Waals surface area contributed by atoms with Crippen LogP contribution in [-0.4, -0.2) is 50.0 Å². The standard InChI is InChI=1S/C27H32N2O2S.C2H6/c1-21-20-24(11-10-23(21)9-8-22(2)30)31-18-4-3-13-28-14-16-29(17-15-28)26-6-5-7-27-25(26)12-19-32-27;1-2/h5-12,19-20H,3-4,13-18H2,1-2H3;1-2H3/b9-8-;. The lowest BCUT2D eigenvalue weighted by atomic mass is 10.1. The van der Waals surface area contributed by atoms with E-state index in [4.69, 9.17) is 4.74 Å². The van der Waals surface area contributed by atoms with Gasteiger partial charge in [0.2, 0.25) is 0 Å². The van der Waals surface area contributed by atoms with Crippen LogP contribution in [0.4, 0.5) is 5.69 Å². The number of benzene rings is 2. The molecule has 0 bridgehead atoms. The van der Waals surface area contributed by atoms with Crippen molar-refractivity contribution in [1.29, 1.82) is 0 Å². The molecule has 3 aromatic rings. The quantitative estimate of drug-likeness (QED) is 0.250. The van der Waals surface area contributed by atoms with Gasteiger partial charge in [0.15, 0.2) is 5.78 Å². The van der Waals surface area contributed by atoms with E-state index in [9.17, 15) is 4.79 Å². The van der Waals surface area contributed by atoms with Crippen LogP contribution >= 0.6 is 11.3 Å². The number of hydrogen-bond donors (Lipinski definition) is 0. The maximum Gasteiger partial charge on any atom is 0.152 e. The van der Waals surface area contributed by atoms with E-state index in [1.807, 2.05) is 56.4 Å². The minimum atomic E-state index is 0.0611. The second-order valence-electron chi connectivity index (χ2n) is 8.46. The van der Waals surface area contributed by atoms with Crippen LogP contribution < -0.4 is 9.64 Å². The van der Waals surface area contributed by atoms with E-state index < -0.39 is 0 Å². The maximum absolute atomic E-state index is 11.1. The highest BCUT2D eigenvalue weighted by Gasteiger charge is 2.18. The van der Waals surface area contributed by atoms with Gasteiger partial charge in [-0.3, -0.25) is 9.69 Å². The highest BCUT2D eigenvalue weighted by molar-refractivity contribution is 7.17. The van der Waals surface area contributed by atoms with Crippen LogP contribution in [0.3, 0.4) is 0 Å². The van der Waals surface area contributed by atoms with E-state index in [0.717, 1.165) is 69.0 Å². The first-order valence-corrected chi connectivity index (χ1v) is 13.3. The number of thiophene rings is 1. The summed E-state index contributed by atoms with van der Waals surface area (Å²) in [5.41, 5.74) is 3.56. The molecule has 1 aliphatic heterocycles. The van der Waals surface area contributed by atoms with Gasteiger partial charge in [-0.25, -0.2) is 0 Å².